The Bertz CT molecular complexity index is 489. The van der Waals surface area contributed by atoms with Gasteiger partial charge in [0.15, 0.2) is 6.61 Å². The van der Waals surface area contributed by atoms with Gasteiger partial charge in [0.25, 0.3) is 5.91 Å². The highest BCUT2D eigenvalue weighted by Crippen LogP contribution is 2.17. The van der Waals surface area contributed by atoms with Gasteiger partial charge in [0.1, 0.15) is 4.88 Å². The van der Waals surface area contributed by atoms with Crippen LogP contribution in [-0.2, 0) is 14.3 Å². The summed E-state index contributed by atoms with van der Waals surface area (Å²) in [5, 5.41) is 1.83. The molecule has 110 valence electrons. The van der Waals surface area contributed by atoms with Crippen LogP contribution in [0.4, 0.5) is 0 Å². The van der Waals surface area contributed by atoms with E-state index in [1.165, 1.54) is 11.3 Å². The fraction of sp³-hybridized carbons (Fsp3) is 0.571. The molecule has 0 radical (unpaired) electrons. The summed E-state index contributed by atoms with van der Waals surface area (Å²) < 4.78 is 10.7. The van der Waals surface area contributed by atoms with E-state index in [4.69, 9.17) is 9.47 Å². The lowest BCUT2D eigenvalue weighted by Crippen LogP contribution is -2.49. The van der Waals surface area contributed by atoms with Crippen molar-refractivity contribution in [3.63, 3.8) is 0 Å². The molecule has 1 aliphatic heterocycles. The molecule has 5 nitrogen and oxygen atoms in total. The predicted molar refractivity (Wildman–Crippen MR) is 75.9 cm³/mol. The topological polar surface area (TPSA) is 55.8 Å². The van der Waals surface area contributed by atoms with Gasteiger partial charge in [0, 0.05) is 13.1 Å². The van der Waals surface area contributed by atoms with Gasteiger partial charge in [0.05, 0.1) is 12.2 Å². The van der Waals surface area contributed by atoms with Gasteiger partial charge in [0.2, 0.25) is 0 Å². The largest absolute Gasteiger partial charge is 0.451 e. The maximum absolute atomic E-state index is 12.0. The van der Waals surface area contributed by atoms with Crippen molar-refractivity contribution in [1.82, 2.24) is 4.90 Å². The smallest absolute Gasteiger partial charge is 0.349 e. The number of ether oxygens (including phenoxy) is 2. The number of carbonyl (C=O) groups is 2. The highest BCUT2D eigenvalue weighted by Gasteiger charge is 2.26. The molecule has 0 spiro atoms. The Kier molecular flexibility index (Phi) is 4.77. The SMILES string of the molecule is Cc1ccsc1C(=O)OCC(=O)N1C[C@@H](C)O[C@H](C)C1. The fourth-order valence-electron chi connectivity index (χ4n) is 2.25. The Morgan fingerprint density at radius 1 is 1.40 bits per heavy atom. The van der Waals surface area contributed by atoms with Crippen molar-refractivity contribution >= 4 is 23.2 Å². The predicted octanol–water partition coefficient (Wildman–Crippen LogP) is 1.85. The number of hydrogen-bond donors (Lipinski definition) is 0. The third-order valence-corrected chi connectivity index (χ3v) is 4.14. The minimum absolute atomic E-state index is 0.0120. The number of rotatable bonds is 3. The zero-order valence-corrected chi connectivity index (χ0v) is 12.7. The van der Waals surface area contributed by atoms with Gasteiger partial charge in [-0.25, -0.2) is 4.79 Å². The Hall–Kier alpha value is -1.40. The molecule has 0 N–H and O–H groups in total. The van der Waals surface area contributed by atoms with Gasteiger partial charge < -0.3 is 14.4 Å². The van der Waals surface area contributed by atoms with Gasteiger partial charge in [-0.05, 0) is 37.8 Å². The van der Waals surface area contributed by atoms with Gasteiger partial charge >= 0.3 is 5.97 Å². The molecule has 0 unspecified atom stereocenters. The quantitative estimate of drug-likeness (QED) is 0.799. The molecule has 20 heavy (non-hydrogen) atoms. The van der Waals surface area contributed by atoms with Crippen molar-refractivity contribution < 1.29 is 19.1 Å². The second kappa shape index (κ2) is 6.37. The number of nitrogens with zero attached hydrogens (tertiary/aromatic N) is 1. The van der Waals surface area contributed by atoms with Gasteiger partial charge in [-0.15, -0.1) is 11.3 Å². The molecule has 0 saturated carbocycles. The summed E-state index contributed by atoms with van der Waals surface area (Å²) in [7, 11) is 0. The number of esters is 1. The average molecular weight is 297 g/mol. The standard InChI is InChI=1S/C14H19NO4S/c1-9-4-5-20-13(9)14(17)18-8-12(16)15-6-10(2)19-11(3)7-15/h4-5,10-11H,6-8H2,1-3H3/t10-,11-/m1/s1. The molecule has 0 aromatic carbocycles. The van der Waals surface area contributed by atoms with Gasteiger partial charge in [-0.3, -0.25) is 4.79 Å². The van der Waals surface area contributed by atoms with Crippen LogP contribution in [0, 0.1) is 6.92 Å². The molecule has 0 bridgehead atoms. The Labute approximate surface area is 122 Å². The molecular formula is C14H19NO4S. The third-order valence-electron chi connectivity index (χ3n) is 3.15. The van der Waals surface area contributed by atoms with Crippen molar-refractivity contribution in [3.05, 3.63) is 21.9 Å². The molecule has 1 aromatic rings. The molecule has 2 heterocycles. The number of amides is 1. The summed E-state index contributed by atoms with van der Waals surface area (Å²) in [6.07, 6.45) is 0.0240. The number of thiophene rings is 1. The number of morpholine rings is 1. The maximum Gasteiger partial charge on any atom is 0.349 e. The Morgan fingerprint density at radius 2 is 2.05 bits per heavy atom. The summed E-state index contributed by atoms with van der Waals surface area (Å²) in [5.41, 5.74) is 0.876. The van der Waals surface area contributed by atoms with E-state index in [1.807, 2.05) is 32.2 Å². The maximum atomic E-state index is 12.0. The van der Waals surface area contributed by atoms with Crippen LogP contribution < -0.4 is 0 Å². The minimum atomic E-state index is -0.430. The molecule has 2 atom stereocenters. The minimum Gasteiger partial charge on any atom is -0.451 e. The monoisotopic (exact) mass is 297 g/mol. The van der Waals surface area contributed by atoms with Crippen LogP contribution in [0.25, 0.3) is 0 Å². The number of hydrogen-bond acceptors (Lipinski definition) is 5. The molecule has 1 fully saturated rings. The van der Waals surface area contributed by atoms with Crippen molar-refractivity contribution in [3.8, 4) is 0 Å². The number of carbonyl (C=O) groups excluding carboxylic acids is 2. The van der Waals surface area contributed by atoms with E-state index in [9.17, 15) is 9.59 Å². The van der Waals surface area contributed by atoms with E-state index in [2.05, 4.69) is 0 Å². The average Bonchev–Trinajstić information content (AvgIpc) is 2.80. The van der Waals surface area contributed by atoms with E-state index >= 15 is 0 Å². The summed E-state index contributed by atoms with van der Waals surface area (Å²) in [4.78, 5) is 26.1. The first-order chi connectivity index (χ1) is 9.47. The lowest BCUT2D eigenvalue weighted by molar-refractivity contribution is -0.146. The Morgan fingerprint density at radius 3 is 2.60 bits per heavy atom. The second-order valence-electron chi connectivity index (χ2n) is 5.06. The van der Waals surface area contributed by atoms with E-state index in [0.717, 1.165) is 5.56 Å². The zero-order valence-electron chi connectivity index (χ0n) is 11.9. The first kappa shape index (κ1) is 15.0. The Balaban J connectivity index is 1.86. The van der Waals surface area contributed by atoms with Crippen LogP contribution in [0.3, 0.4) is 0 Å². The third kappa shape index (κ3) is 3.58. The highest BCUT2D eigenvalue weighted by molar-refractivity contribution is 7.12. The highest BCUT2D eigenvalue weighted by atomic mass is 32.1. The van der Waals surface area contributed by atoms with Crippen molar-refractivity contribution in [1.29, 1.82) is 0 Å². The normalized spacial score (nSPS) is 22.6. The van der Waals surface area contributed by atoms with E-state index in [0.29, 0.717) is 18.0 Å². The van der Waals surface area contributed by atoms with Crippen molar-refractivity contribution in [2.24, 2.45) is 0 Å². The van der Waals surface area contributed by atoms with Gasteiger partial charge in [-0.1, -0.05) is 0 Å². The van der Waals surface area contributed by atoms with Crippen LogP contribution in [0.1, 0.15) is 29.1 Å². The van der Waals surface area contributed by atoms with Crippen LogP contribution >= 0.6 is 11.3 Å². The van der Waals surface area contributed by atoms with Crippen LogP contribution in [0.2, 0.25) is 0 Å². The first-order valence-electron chi connectivity index (χ1n) is 6.62. The molecule has 1 aromatic heterocycles. The van der Waals surface area contributed by atoms with Crippen LogP contribution in [0.15, 0.2) is 11.4 Å². The fourth-order valence-corrected chi connectivity index (χ4v) is 3.06. The second-order valence-corrected chi connectivity index (χ2v) is 5.98. The van der Waals surface area contributed by atoms with E-state index < -0.39 is 5.97 Å². The number of aryl methyl sites for hydroxylation is 1. The van der Waals surface area contributed by atoms with E-state index in [1.54, 1.807) is 4.90 Å². The molecule has 2 rings (SSSR count). The molecule has 1 amide bonds. The van der Waals surface area contributed by atoms with Gasteiger partial charge in [-0.2, -0.15) is 0 Å². The molecular weight excluding hydrogens is 278 g/mol. The lowest BCUT2D eigenvalue weighted by atomic mass is 10.2. The molecule has 6 heteroatoms. The van der Waals surface area contributed by atoms with Crippen molar-refractivity contribution in [2.45, 2.75) is 33.0 Å². The van der Waals surface area contributed by atoms with Crippen LogP contribution in [0.5, 0.6) is 0 Å². The molecule has 0 aliphatic carbocycles. The summed E-state index contributed by atoms with van der Waals surface area (Å²) >= 11 is 1.33. The summed E-state index contributed by atoms with van der Waals surface area (Å²) in [6.45, 7) is 6.57. The first-order valence-corrected chi connectivity index (χ1v) is 7.49. The molecule has 1 saturated heterocycles. The van der Waals surface area contributed by atoms with Crippen LogP contribution in [-0.4, -0.2) is 48.7 Å². The summed E-state index contributed by atoms with van der Waals surface area (Å²) in [5.74, 6) is -0.602. The lowest BCUT2D eigenvalue weighted by Gasteiger charge is -2.35. The summed E-state index contributed by atoms with van der Waals surface area (Å²) in [6, 6.07) is 1.86. The van der Waals surface area contributed by atoms with Crippen molar-refractivity contribution in [2.75, 3.05) is 19.7 Å². The zero-order chi connectivity index (χ0) is 14.7. The van der Waals surface area contributed by atoms with E-state index in [-0.39, 0.29) is 24.7 Å². The molecule has 1 aliphatic rings.